The Morgan fingerprint density at radius 3 is 2.41 bits per heavy atom. The van der Waals surface area contributed by atoms with Crippen LogP contribution in [0.4, 0.5) is 4.79 Å². The van der Waals surface area contributed by atoms with Gasteiger partial charge in [0.25, 0.3) is 0 Å². The zero-order valence-electron chi connectivity index (χ0n) is 10.5. The minimum Gasteiger partial charge on any atom is -0.481 e. The third kappa shape index (κ3) is 7.23. The fourth-order valence-electron chi connectivity index (χ4n) is 1.21. The second kappa shape index (κ2) is 6.79. The van der Waals surface area contributed by atoms with E-state index in [1.807, 2.05) is 20.8 Å². The first-order chi connectivity index (χ1) is 7.77. The van der Waals surface area contributed by atoms with Crippen LogP contribution in [0.1, 0.15) is 33.6 Å². The Kier molecular flexibility index (Phi) is 6.11. The minimum absolute atomic E-state index is 0.105. The van der Waals surface area contributed by atoms with E-state index in [0.717, 1.165) is 0 Å². The molecule has 0 aromatic carbocycles. The number of hydrogen-bond acceptors (Lipinski definition) is 2. The quantitative estimate of drug-likeness (QED) is 0.499. The Hall–Kier alpha value is -1.70. The zero-order valence-corrected chi connectivity index (χ0v) is 10.5. The maximum Gasteiger partial charge on any atom is 0.315 e. The Morgan fingerprint density at radius 1 is 1.41 bits per heavy atom. The Bertz CT molecular complexity index is 313. The molecule has 0 aromatic heterocycles. The van der Waals surface area contributed by atoms with Gasteiger partial charge in [-0.25, -0.2) is 4.79 Å². The molecule has 0 spiro atoms. The van der Waals surface area contributed by atoms with Gasteiger partial charge in [0.2, 0.25) is 0 Å². The van der Waals surface area contributed by atoms with Crippen LogP contribution in [0.25, 0.3) is 0 Å². The molecule has 0 bridgehead atoms. The molecule has 0 heterocycles. The molecule has 3 N–H and O–H groups in total. The maximum absolute atomic E-state index is 11.5. The molecule has 5 nitrogen and oxygen atoms in total. The molecule has 2 amide bonds. The third-order valence-electron chi connectivity index (χ3n) is 2.28. The fraction of sp³-hybridized carbons (Fsp3) is 0.667. The number of aliphatic carboxylic acids is 1. The fourth-order valence-corrected chi connectivity index (χ4v) is 1.21. The second-order valence-corrected chi connectivity index (χ2v) is 4.87. The van der Waals surface area contributed by atoms with Gasteiger partial charge in [0, 0.05) is 19.0 Å². The highest BCUT2D eigenvalue weighted by atomic mass is 16.4. The zero-order chi connectivity index (χ0) is 13.5. The molecule has 0 radical (unpaired) electrons. The van der Waals surface area contributed by atoms with E-state index in [0.29, 0.717) is 13.0 Å². The van der Waals surface area contributed by atoms with Gasteiger partial charge in [0.05, 0.1) is 6.42 Å². The van der Waals surface area contributed by atoms with Crippen LogP contribution >= 0.6 is 0 Å². The molecule has 1 atom stereocenters. The van der Waals surface area contributed by atoms with Crippen molar-refractivity contribution in [3.05, 3.63) is 0 Å². The molecule has 96 valence electrons. The van der Waals surface area contributed by atoms with Crippen molar-refractivity contribution in [3.8, 4) is 12.3 Å². The number of nitrogens with one attached hydrogen (secondary N) is 2. The molecule has 0 fully saturated rings. The first-order valence-electron chi connectivity index (χ1n) is 5.47. The van der Waals surface area contributed by atoms with Gasteiger partial charge in [-0.15, -0.1) is 12.3 Å². The molecule has 0 aromatic rings. The lowest BCUT2D eigenvalue weighted by atomic mass is 9.85. The smallest absolute Gasteiger partial charge is 0.315 e. The first-order valence-corrected chi connectivity index (χ1v) is 5.47. The maximum atomic E-state index is 11.5. The van der Waals surface area contributed by atoms with Gasteiger partial charge in [0.15, 0.2) is 0 Å². The lowest BCUT2D eigenvalue weighted by Gasteiger charge is -2.30. The number of terminal acetylenes is 1. The van der Waals surface area contributed by atoms with Crippen molar-refractivity contribution >= 4 is 12.0 Å². The Morgan fingerprint density at radius 2 is 2.00 bits per heavy atom. The molecule has 0 saturated heterocycles. The molecular weight excluding hydrogens is 220 g/mol. The summed E-state index contributed by atoms with van der Waals surface area (Å²) in [7, 11) is 0. The van der Waals surface area contributed by atoms with Crippen LogP contribution in [0.3, 0.4) is 0 Å². The standard InChI is InChI=1S/C12H20N2O3/c1-5-6-7-13-11(17)14-9(8-10(15)16)12(2,3)4/h1,9H,6-8H2,2-4H3,(H,15,16)(H2,13,14,17). The van der Waals surface area contributed by atoms with E-state index in [9.17, 15) is 9.59 Å². The van der Waals surface area contributed by atoms with Gasteiger partial charge in [-0.3, -0.25) is 4.79 Å². The van der Waals surface area contributed by atoms with Gasteiger partial charge < -0.3 is 15.7 Å². The number of carboxylic acid groups (broad SMARTS) is 1. The van der Waals surface area contributed by atoms with E-state index in [1.165, 1.54) is 0 Å². The van der Waals surface area contributed by atoms with E-state index < -0.39 is 12.0 Å². The van der Waals surface area contributed by atoms with Crippen LogP contribution in [0.2, 0.25) is 0 Å². The summed E-state index contributed by atoms with van der Waals surface area (Å²) in [5.41, 5.74) is -0.318. The predicted octanol–water partition coefficient (Wildman–Crippen LogP) is 1.20. The highest BCUT2D eigenvalue weighted by Crippen LogP contribution is 2.21. The van der Waals surface area contributed by atoms with Crippen LogP contribution < -0.4 is 10.6 Å². The van der Waals surface area contributed by atoms with Crippen LogP contribution in [-0.4, -0.2) is 29.7 Å². The minimum atomic E-state index is -0.936. The van der Waals surface area contributed by atoms with E-state index >= 15 is 0 Å². The van der Waals surface area contributed by atoms with E-state index in [2.05, 4.69) is 16.6 Å². The Labute approximate surface area is 102 Å². The average Bonchev–Trinajstić information content (AvgIpc) is 2.15. The summed E-state index contributed by atoms with van der Waals surface area (Å²) in [6.07, 6.45) is 5.40. The van der Waals surface area contributed by atoms with Crippen LogP contribution in [0.5, 0.6) is 0 Å². The lowest BCUT2D eigenvalue weighted by molar-refractivity contribution is -0.138. The van der Waals surface area contributed by atoms with Crippen LogP contribution in [0.15, 0.2) is 0 Å². The predicted molar refractivity (Wildman–Crippen MR) is 65.5 cm³/mol. The molecule has 0 rings (SSSR count). The number of hydrogen-bond donors (Lipinski definition) is 3. The number of carbonyl (C=O) groups excluding carboxylic acids is 1. The molecule has 5 heteroatoms. The second-order valence-electron chi connectivity index (χ2n) is 4.87. The van der Waals surface area contributed by atoms with Crippen molar-refractivity contribution in [3.63, 3.8) is 0 Å². The van der Waals surface area contributed by atoms with Gasteiger partial charge in [-0.05, 0) is 5.41 Å². The van der Waals surface area contributed by atoms with Crippen molar-refractivity contribution in [2.45, 2.75) is 39.7 Å². The summed E-state index contributed by atoms with van der Waals surface area (Å²) in [6.45, 7) is 6.01. The van der Waals surface area contributed by atoms with Crippen molar-refractivity contribution in [2.75, 3.05) is 6.54 Å². The number of urea groups is 1. The number of rotatable bonds is 5. The van der Waals surface area contributed by atoms with Gasteiger partial charge in [-0.2, -0.15) is 0 Å². The highest BCUT2D eigenvalue weighted by Gasteiger charge is 2.28. The summed E-state index contributed by atoms with van der Waals surface area (Å²) in [5, 5.41) is 14.0. The van der Waals surface area contributed by atoms with Gasteiger partial charge >= 0.3 is 12.0 Å². The summed E-state index contributed by atoms with van der Waals surface area (Å²) in [5.74, 6) is 1.47. The molecule has 0 aliphatic carbocycles. The summed E-state index contributed by atoms with van der Waals surface area (Å²) in [6, 6.07) is -0.813. The van der Waals surface area contributed by atoms with Crippen LogP contribution in [0, 0.1) is 17.8 Å². The lowest BCUT2D eigenvalue weighted by Crippen LogP contribution is -2.49. The molecule has 17 heavy (non-hydrogen) atoms. The Balaban J connectivity index is 4.30. The molecule has 0 aliphatic rings. The number of carboxylic acids is 1. The van der Waals surface area contributed by atoms with E-state index in [-0.39, 0.29) is 17.9 Å². The van der Waals surface area contributed by atoms with Crippen molar-refractivity contribution in [1.82, 2.24) is 10.6 Å². The van der Waals surface area contributed by atoms with Crippen LogP contribution in [-0.2, 0) is 4.79 Å². The number of amides is 2. The van der Waals surface area contributed by atoms with Gasteiger partial charge in [0.1, 0.15) is 0 Å². The topological polar surface area (TPSA) is 78.4 Å². The van der Waals surface area contributed by atoms with Crippen molar-refractivity contribution < 1.29 is 14.7 Å². The summed E-state index contributed by atoms with van der Waals surface area (Å²) < 4.78 is 0. The molecule has 0 saturated carbocycles. The largest absolute Gasteiger partial charge is 0.481 e. The first kappa shape index (κ1) is 15.3. The third-order valence-corrected chi connectivity index (χ3v) is 2.28. The highest BCUT2D eigenvalue weighted by molar-refractivity contribution is 5.75. The van der Waals surface area contributed by atoms with Gasteiger partial charge in [-0.1, -0.05) is 20.8 Å². The van der Waals surface area contributed by atoms with Crippen molar-refractivity contribution in [2.24, 2.45) is 5.41 Å². The van der Waals surface area contributed by atoms with Crippen molar-refractivity contribution in [1.29, 1.82) is 0 Å². The number of carbonyl (C=O) groups is 2. The average molecular weight is 240 g/mol. The normalized spacial score (nSPS) is 12.4. The monoisotopic (exact) mass is 240 g/mol. The molecular formula is C12H20N2O3. The van der Waals surface area contributed by atoms with E-state index in [4.69, 9.17) is 11.5 Å². The summed E-state index contributed by atoms with van der Waals surface area (Å²) >= 11 is 0. The molecule has 1 unspecified atom stereocenters. The SMILES string of the molecule is C#CCCNC(=O)NC(CC(=O)O)C(C)(C)C. The molecule has 0 aliphatic heterocycles. The summed E-state index contributed by atoms with van der Waals surface area (Å²) in [4.78, 5) is 22.2. The van der Waals surface area contributed by atoms with E-state index in [1.54, 1.807) is 0 Å².